The van der Waals surface area contributed by atoms with E-state index in [2.05, 4.69) is 19.8 Å². The highest BCUT2D eigenvalue weighted by atomic mass is 16.3. The van der Waals surface area contributed by atoms with E-state index in [1.165, 1.54) is 0 Å². The molecule has 2 fully saturated rings. The Kier molecular flexibility index (Phi) is 5.40. The summed E-state index contributed by atoms with van der Waals surface area (Å²) in [6, 6.07) is 1.81. The van der Waals surface area contributed by atoms with Crippen LogP contribution in [0.3, 0.4) is 0 Å². The fourth-order valence-corrected chi connectivity index (χ4v) is 3.26. The summed E-state index contributed by atoms with van der Waals surface area (Å²) in [7, 11) is 0. The van der Waals surface area contributed by atoms with Gasteiger partial charge in [0.25, 0.3) is 0 Å². The minimum absolute atomic E-state index is 0.207. The maximum Gasteiger partial charge on any atom is 0.225 e. The van der Waals surface area contributed by atoms with E-state index >= 15 is 0 Å². The third kappa shape index (κ3) is 4.39. The van der Waals surface area contributed by atoms with Crippen LogP contribution >= 0.6 is 0 Å². The molecule has 7 heteroatoms. The number of aromatic nitrogens is 2. The topological polar surface area (TPSA) is 72.8 Å². The van der Waals surface area contributed by atoms with E-state index in [1.807, 2.05) is 4.90 Å². The van der Waals surface area contributed by atoms with Gasteiger partial charge in [-0.05, 0) is 25.5 Å². The van der Waals surface area contributed by atoms with Crippen LogP contribution in [-0.4, -0.2) is 82.7 Å². The largest absolute Gasteiger partial charge is 0.392 e. The van der Waals surface area contributed by atoms with Crippen LogP contribution in [0.15, 0.2) is 18.5 Å². The number of β-amino-alcohol motifs (C(OH)–C–C–N with tert-alkyl or cyclic N) is 1. The van der Waals surface area contributed by atoms with Crippen molar-refractivity contribution in [1.82, 2.24) is 19.8 Å². The zero-order chi connectivity index (χ0) is 16.1. The molecule has 7 nitrogen and oxygen atoms in total. The Morgan fingerprint density at radius 2 is 1.91 bits per heavy atom. The number of aliphatic hydroxyl groups is 1. The van der Waals surface area contributed by atoms with Crippen LogP contribution in [-0.2, 0) is 4.79 Å². The zero-order valence-corrected chi connectivity index (χ0v) is 13.5. The van der Waals surface area contributed by atoms with Gasteiger partial charge in [0.05, 0.1) is 6.10 Å². The SMILES string of the molecule is O=C(CCN1CCC[C@H](O)C1)N1CCN(c2ncccn2)CC1. The molecule has 126 valence electrons. The van der Waals surface area contributed by atoms with Gasteiger partial charge >= 0.3 is 0 Å². The fraction of sp³-hybridized carbons (Fsp3) is 0.688. The van der Waals surface area contributed by atoms with Crippen molar-refractivity contribution in [1.29, 1.82) is 0 Å². The second-order valence-corrected chi connectivity index (χ2v) is 6.26. The molecular weight excluding hydrogens is 294 g/mol. The molecule has 3 rings (SSSR count). The van der Waals surface area contributed by atoms with Crippen molar-refractivity contribution in [3.8, 4) is 0 Å². The Morgan fingerprint density at radius 3 is 2.61 bits per heavy atom. The maximum absolute atomic E-state index is 12.4. The van der Waals surface area contributed by atoms with Gasteiger partial charge in [-0.25, -0.2) is 9.97 Å². The van der Waals surface area contributed by atoms with Gasteiger partial charge in [0.15, 0.2) is 0 Å². The Labute approximate surface area is 136 Å². The number of amides is 1. The standard InChI is InChI=1S/C16H25N5O2/c22-14-3-1-7-19(13-14)8-4-15(23)20-9-11-21(12-10-20)16-17-5-2-6-18-16/h2,5-6,14,22H,1,3-4,7-13H2/t14-/m0/s1. The van der Waals surface area contributed by atoms with E-state index in [0.29, 0.717) is 13.0 Å². The number of likely N-dealkylation sites (tertiary alicyclic amines) is 1. The highest BCUT2D eigenvalue weighted by Gasteiger charge is 2.23. The van der Waals surface area contributed by atoms with E-state index in [1.54, 1.807) is 18.5 Å². The number of aliphatic hydroxyl groups excluding tert-OH is 1. The van der Waals surface area contributed by atoms with E-state index < -0.39 is 0 Å². The van der Waals surface area contributed by atoms with Crippen LogP contribution in [0.5, 0.6) is 0 Å². The van der Waals surface area contributed by atoms with Crippen molar-refractivity contribution < 1.29 is 9.90 Å². The average Bonchev–Trinajstić information content (AvgIpc) is 2.61. The Morgan fingerprint density at radius 1 is 1.17 bits per heavy atom. The number of hydrogen-bond donors (Lipinski definition) is 1. The molecule has 0 unspecified atom stereocenters. The first kappa shape index (κ1) is 16.1. The molecule has 0 radical (unpaired) electrons. The molecule has 2 saturated heterocycles. The van der Waals surface area contributed by atoms with Gasteiger partial charge in [-0.15, -0.1) is 0 Å². The quantitative estimate of drug-likeness (QED) is 0.840. The smallest absolute Gasteiger partial charge is 0.225 e. The van der Waals surface area contributed by atoms with Crippen molar-refractivity contribution in [3.63, 3.8) is 0 Å². The highest BCUT2D eigenvalue weighted by molar-refractivity contribution is 5.76. The third-order valence-electron chi connectivity index (χ3n) is 4.59. The molecule has 1 amide bonds. The van der Waals surface area contributed by atoms with Gasteiger partial charge in [0.1, 0.15) is 0 Å². The molecule has 2 aliphatic heterocycles. The molecule has 23 heavy (non-hydrogen) atoms. The van der Waals surface area contributed by atoms with Crippen molar-refractivity contribution in [2.24, 2.45) is 0 Å². The minimum Gasteiger partial charge on any atom is -0.392 e. The van der Waals surface area contributed by atoms with Crippen molar-refractivity contribution in [3.05, 3.63) is 18.5 Å². The van der Waals surface area contributed by atoms with Gasteiger partial charge in [0.2, 0.25) is 11.9 Å². The molecule has 0 spiro atoms. The van der Waals surface area contributed by atoms with Crippen molar-refractivity contribution in [2.75, 3.05) is 50.7 Å². The molecule has 1 aromatic heterocycles. The van der Waals surface area contributed by atoms with Crippen LogP contribution in [0.4, 0.5) is 5.95 Å². The summed E-state index contributed by atoms with van der Waals surface area (Å²) in [6.07, 6.45) is 5.70. The second-order valence-electron chi connectivity index (χ2n) is 6.26. The van der Waals surface area contributed by atoms with Crippen LogP contribution < -0.4 is 4.90 Å². The third-order valence-corrected chi connectivity index (χ3v) is 4.59. The zero-order valence-electron chi connectivity index (χ0n) is 13.5. The summed E-state index contributed by atoms with van der Waals surface area (Å²) in [5.74, 6) is 0.945. The average molecular weight is 319 g/mol. The number of piperidine rings is 1. The number of hydrogen-bond acceptors (Lipinski definition) is 6. The predicted molar refractivity (Wildman–Crippen MR) is 87.1 cm³/mol. The molecule has 0 saturated carbocycles. The first-order chi connectivity index (χ1) is 11.2. The van der Waals surface area contributed by atoms with Crippen molar-refractivity contribution >= 4 is 11.9 Å². The van der Waals surface area contributed by atoms with Crippen molar-refractivity contribution in [2.45, 2.75) is 25.4 Å². The van der Waals surface area contributed by atoms with Gasteiger partial charge in [-0.1, -0.05) is 0 Å². The molecule has 0 bridgehead atoms. The summed E-state index contributed by atoms with van der Waals surface area (Å²) in [5, 5.41) is 9.68. The lowest BCUT2D eigenvalue weighted by molar-refractivity contribution is -0.132. The molecule has 1 aromatic rings. The Hall–Kier alpha value is -1.73. The van der Waals surface area contributed by atoms with Crippen LogP contribution in [0.1, 0.15) is 19.3 Å². The normalized spacial score (nSPS) is 23.1. The molecule has 0 aliphatic carbocycles. The van der Waals surface area contributed by atoms with E-state index in [-0.39, 0.29) is 12.0 Å². The van der Waals surface area contributed by atoms with Gasteiger partial charge in [0, 0.05) is 58.1 Å². The number of rotatable bonds is 4. The lowest BCUT2D eigenvalue weighted by Gasteiger charge is -2.35. The van der Waals surface area contributed by atoms with Gasteiger partial charge < -0.3 is 19.8 Å². The number of carbonyl (C=O) groups excluding carboxylic acids is 1. The van der Waals surface area contributed by atoms with E-state index in [4.69, 9.17) is 0 Å². The fourth-order valence-electron chi connectivity index (χ4n) is 3.26. The number of anilines is 1. The van der Waals surface area contributed by atoms with Crippen LogP contribution in [0, 0.1) is 0 Å². The summed E-state index contributed by atoms with van der Waals surface area (Å²) in [4.78, 5) is 27.1. The van der Waals surface area contributed by atoms with Crippen LogP contribution in [0.2, 0.25) is 0 Å². The Balaban J connectivity index is 1.41. The lowest BCUT2D eigenvalue weighted by Crippen LogP contribution is -2.50. The molecular formula is C16H25N5O2. The Bertz CT molecular complexity index is 504. The summed E-state index contributed by atoms with van der Waals surface area (Å²) < 4.78 is 0. The molecule has 1 N–H and O–H groups in total. The summed E-state index contributed by atoms with van der Waals surface area (Å²) in [5.41, 5.74) is 0. The minimum atomic E-state index is -0.228. The number of nitrogens with zero attached hydrogens (tertiary/aromatic N) is 5. The molecule has 3 heterocycles. The van der Waals surface area contributed by atoms with E-state index in [0.717, 1.165) is 58.1 Å². The van der Waals surface area contributed by atoms with E-state index in [9.17, 15) is 9.90 Å². The first-order valence-corrected chi connectivity index (χ1v) is 8.42. The molecule has 1 atom stereocenters. The highest BCUT2D eigenvalue weighted by Crippen LogP contribution is 2.12. The maximum atomic E-state index is 12.4. The number of carbonyl (C=O) groups is 1. The molecule has 2 aliphatic rings. The predicted octanol–water partition coefficient (Wildman–Crippen LogP) is -0.0280. The monoisotopic (exact) mass is 319 g/mol. The summed E-state index contributed by atoms with van der Waals surface area (Å²) >= 11 is 0. The van der Waals surface area contributed by atoms with Gasteiger partial charge in [-0.3, -0.25) is 4.79 Å². The number of piperazine rings is 1. The summed E-state index contributed by atoms with van der Waals surface area (Å²) in [6.45, 7) is 5.43. The first-order valence-electron chi connectivity index (χ1n) is 8.42. The van der Waals surface area contributed by atoms with Crippen LogP contribution in [0.25, 0.3) is 0 Å². The molecule has 0 aromatic carbocycles. The second kappa shape index (κ2) is 7.70. The lowest BCUT2D eigenvalue weighted by atomic mass is 10.1. The van der Waals surface area contributed by atoms with Gasteiger partial charge in [-0.2, -0.15) is 0 Å².